The number of anilines is 1. The van der Waals surface area contributed by atoms with Crippen LogP contribution in [0.25, 0.3) is 22.3 Å². The highest BCUT2D eigenvalue weighted by molar-refractivity contribution is 6.33. The lowest BCUT2D eigenvalue weighted by molar-refractivity contribution is 0.00706. The van der Waals surface area contributed by atoms with Crippen LogP contribution in [0.4, 0.5) is 14.6 Å². The van der Waals surface area contributed by atoms with Gasteiger partial charge < -0.3 is 29.6 Å². The van der Waals surface area contributed by atoms with Gasteiger partial charge in [0, 0.05) is 30.9 Å². The molecule has 188 valence electrons. The number of aliphatic hydroxyl groups is 1. The fraction of sp³-hybridized carbons (Fsp3) is 0.348. The van der Waals surface area contributed by atoms with Crippen LogP contribution in [0.2, 0.25) is 5.02 Å². The zero-order chi connectivity index (χ0) is 25.0. The molecule has 6 rings (SSSR count). The van der Waals surface area contributed by atoms with Gasteiger partial charge in [-0.15, -0.1) is 0 Å². The van der Waals surface area contributed by atoms with E-state index in [2.05, 4.69) is 25.4 Å². The molecule has 2 fully saturated rings. The quantitative estimate of drug-likeness (QED) is 0.356. The van der Waals surface area contributed by atoms with Gasteiger partial charge in [-0.1, -0.05) is 11.6 Å². The first-order valence-corrected chi connectivity index (χ1v) is 11.6. The summed E-state index contributed by atoms with van der Waals surface area (Å²) in [5.41, 5.74) is 1.66. The molecule has 0 unspecified atom stereocenters. The van der Waals surface area contributed by atoms with Gasteiger partial charge in [-0.2, -0.15) is 10.1 Å². The number of ether oxygens (including phenoxy) is 3. The molecule has 3 N–H and O–H groups in total. The van der Waals surface area contributed by atoms with Crippen molar-refractivity contribution in [3.8, 4) is 17.1 Å². The molecule has 2 aliphatic rings. The van der Waals surface area contributed by atoms with Crippen LogP contribution in [0.3, 0.4) is 0 Å². The van der Waals surface area contributed by atoms with Crippen molar-refractivity contribution in [3.63, 3.8) is 0 Å². The van der Waals surface area contributed by atoms with Gasteiger partial charge in [-0.3, -0.25) is 4.68 Å². The molecule has 0 radical (unpaired) electrons. The summed E-state index contributed by atoms with van der Waals surface area (Å²) >= 11 is 6.35. The number of aryl methyl sites for hydroxylation is 1. The molecule has 5 heterocycles. The van der Waals surface area contributed by atoms with Gasteiger partial charge in [0.15, 0.2) is 11.8 Å². The van der Waals surface area contributed by atoms with Crippen LogP contribution in [0, 0.1) is 11.6 Å². The molecule has 2 aliphatic heterocycles. The van der Waals surface area contributed by atoms with E-state index >= 15 is 0 Å². The van der Waals surface area contributed by atoms with E-state index in [1.54, 1.807) is 24.0 Å². The van der Waals surface area contributed by atoms with E-state index in [0.29, 0.717) is 22.3 Å². The third-order valence-corrected chi connectivity index (χ3v) is 6.55. The Kier molecular flexibility index (Phi) is 5.75. The highest BCUT2D eigenvalue weighted by atomic mass is 35.5. The van der Waals surface area contributed by atoms with Crippen molar-refractivity contribution in [2.24, 2.45) is 7.05 Å². The Hall–Kier alpha value is -3.32. The predicted octanol–water partition coefficient (Wildman–Crippen LogP) is 2.81. The second-order valence-electron chi connectivity index (χ2n) is 8.73. The molecule has 1 aromatic carbocycles. The van der Waals surface area contributed by atoms with Crippen LogP contribution >= 0.6 is 11.6 Å². The molecule has 13 heteroatoms. The first kappa shape index (κ1) is 23.1. The number of benzene rings is 1. The lowest BCUT2D eigenvalue weighted by Gasteiger charge is -2.15. The van der Waals surface area contributed by atoms with Crippen LogP contribution in [0.1, 0.15) is 5.56 Å². The number of aliphatic hydroxyl groups excluding tert-OH is 1. The number of halogens is 3. The topological polar surface area (TPSA) is 119 Å². The zero-order valence-electron chi connectivity index (χ0n) is 18.9. The third kappa shape index (κ3) is 4.15. The smallest absolute Gasteiger partial charge is 0.296 e. The minimum absolute atomic E-state index is 0.152. The molecule has 0 bridgehead atoms. The summed E-state index contributed by atoms with van der Waals surface area (Å²) < 4.78 is 48.0. The molecule has 0 aliphatic carbocycles. The van der Waals surface area contributed by atoms with E-state index in [-0.39, 0.29) is 42.2 Å². The van der Waals surface area contributed by atoms with Gasteiger partial charge >= 0.3 is 0 Å². The maximum Gasteiger partial charge on any atom is 0.296 e. The molecule has 3 aromatic heterocycles. The summed E-state index contributed by atoms with van der Waals surface area (Å²) in [4.78, 5) is 11.7. The molecule has 10 nitrogen and oxygen atoms in total. The van der Waals surface area contributed by atoms with E-state index < -0.39 is 36.1 Å². The third-order valence-electron chi connectivity index (χ3n) is 6.26. The van der Waals surface area contributed by atoms with Crippen LogP contribution in [0.15, 0.2) is 30.6 Å². The Morgan fingerprint density at radius 1 is 1.17 bits per heavy atom. The van der Waals surface area contributed by atoms with Crippen molar-refractivity contribution < 1.29 is 28.1 Å². The van der Waals surface area contributed by atoms with E-state index in [9.17, 15) is 13.9 Å². The number of imidazole rings is 1. The maximum atomic E-state index is 14.7. The SMILES string of the molecule is Cn1cc(-c2cc(F)c(CNc3nc4nc(O[C@@H]5CO[C@H]6[C@@H]5OC[C@H]6O)[nH]c4cc3Cl)c(F)c2)cn1. The summed E-state index contributed by atoms with van der Waals surface area (Å²) in [5, 5.41) is 17.0. The normalized spacial score (nSPS) is 23.4. The Balaban J connectivity index is 1.18. The molecule has 4 aromatic rings. The standard InChI is InChI=1S/C23H21ClF2N6O4/c1-32-7-11(5-28-32)10-2-14(25)12(15(26)3-10)6-27-21-13(24)4-16-22(30-21)31-23(29-16)36-18-9-35-19-17(33)8-34-20(18)19/h2-5,7,17-20,33H,6,8-9H2,1H3,(H2,27,29,30,31)/t17-,18-,19-,20-/m1/s1. The van der Waals surface area contributed by atoms with Gasteiger partial charge in [-0.05, 0) is 23.8 Å². The van der Waals surface area contributed by atoms with Gasteiger partial charge in [0.2, 0.25) is 0 Å². The average Bonchev–Trinajstić information content (AvgIpc) is 3.60. The first-order valence-electron chi connectivity index (χ1n) is 11.2. The van der Waals surface area contributed by atoms with E-state index in [1.165, 1.54) is 18.3 Å². The zero-order valence-corrected chi connectivity index (χ0v) is 19.7. The van der Waals surface area contributed by atoms with Crippen LogP contribution in [-0.4, -0.2) is 67.5 Å². The van der Waals surface area contributed by atoms with Crippen LogP contribution < -0.4 is 10.1 Å². The number of pyridine rings is 1. The number of nitrogens with one attached hydrogen (secondary N) is 2. The number of aromatic amines is 1. The Labute approximate surface area is 208 Å². The number of fused-ring (bicyclic) bond motifs is 2. The van der Waals surface area contributed by atoms with Gasteiger partial charge in [0.25, 0.3) is 6.01 Å². The number of nitrogens with zero attached hydrogens (tertiary/aromatic N) is 4. The lowest BCUT2D eigenvalue weighted by atomic mass is 10.1. The van der Waals surface area contributed by atoms with E-state index in [4.69, 9.17) is 25.8 Å². The van der Waals surface area contributed by atoms with E-state index in [1.807, 2.05) is 0 Å². The van der Waals surface area contributed by atoms with Crippen LogP contribution in [-0.2, 0) is 23.1 Å². The van der Waals surface area contributed by atoms with Crippen molar-refractivity contribution in [2.45, 2.75) is 31.0 Å². The fourth-order valence-electron chi connectivity index (χ4n) is 4.44. The minimum Gasteiger partial charge on any atom is -0.456 e. The van der Waals surface area contributed by atoms with Gasteiger partial charge in [0.05, 0.1) is 29.9 Å². The Morgan fingerprint density at radius 3 is 2.69 bits per heavy atom. The van der Waals surface area contributed by atoms with Crippen molar-refractivity contribution in [3.05, 3.63) is 52.8 Å². The minimum atomic E-state index is -0.703. The first-order chi connectivity index (χ1) is 17.4. The number of hydrogen-bond acceptors (Lipinski definition) is 8. The van der Waals surface area contributed by atoms with Crippen molar-refractivity contribution in [2.75, 3.05) is 18.5 Å². The predicted molar refractivity (Wildman–Crippen MR) is 125 cm³/mol. The molecular weight excluding hydrogens is 498 g/mol. The van der Waals surface area contributed by atoms with E-state index in [0.717, 1.165) is 0 Å². The summed E-state index contributed by atoms with van der Waals surface area (Å²) in [6, 6.07) is 4.30. The monoisotopic (exact) mass is 518 g/mol. The molecule has 0 amide bonds. The second-order valence-corrected chi connectivity index (χ2v) is 9.13. The Bertz CT molecular complexity index is 1420. The van der Waals surface area contributed by atoms with Crippen molar-refractivity contribution in [1.29, 1.82) is 0 Å². The number of aromatic nitrogens is 5. The van der Waals surface area contributed by atoms with Crippen molar-refractivity contribution >= 4 is 28.6 Å². The molecular formula is C23H21ClF2N6O4. The maximum absolute atomic E-state index is 14.7. The Morgan fingerprint density at radius 2 is 1.94 bits per heavy atom. The summed E-state index contributed by atoms with van der Waals surface area (Å²) in [5.74, 6) is -1.19. The van der Waals surface area contributed by atoms with Gasteiger partial charge in [-0.25, -0.2) is 13.8 Å². The number of rotatable bonds is 6. The molecule has 4 atom stereocenters. The summed E-state index contributed by atoms with van der Waals surface area (Å²) in [7, 11) is 1.73. The van der Waals surface area contributed by atoms with Crippen LogP contribution in [0.5, 0.6) is 6.01 Å². The van der Waals surface area contributed by atoms with Crippen molar-refractivity contribution in [1.82, 2.24) is 24.7 Å². The summed E-state index contributed by atoms with van der Waals surface area (Å²) in [6.07, 6.45) is 1.26. The molecule has 36 heavy (non-hydrogen) atoms. The number of H-pyrrole nitrogens is 1. The number of hydrogen-bond donors (Lipinski definition) is 3. The lowest BCUT2D eigenvalue weighted by Crippen LogP contribution is -2.34. The molecule has 2 saturated heterocycles. The summed E-state index contributed by atoms with van der Waals surface area (Å²) in [6.45, 7) is 0.259. The second kappa shape index (κ2) is 8.96. The highest BCUT2D eigenvalue weighted by Gasteiger charge is 2.48. The fourth-order valence-corrected chi connectivity index (χ4v) is 4.66. The molecule has 0 spiro atoms. The average molecular weight is 519 g/mol. The molecule has 0 saturated carbocycles. The largest absolute Gasteiger partial charge is 0.456 e. The highest BCUT2D eigenvalue weighted by Crippen LogP contribution is 2.31. The van der Waals surface area contributed by atoms with Gasteiger partial charge in [0.1, 0.15) is 35.8 Å².